The zero-order valence-corrected chi connectivity index (χ0v) is 9.69. The van der Waals surface area contributed by atoms with Crippen LogP contribution in [0.4, 0.5) is 5.82 Å². The molecular formula is C9H16ClN5. The van der Waals surface area contributed by atoms with Crippen LogP contribution in [-0.2, 0) is 7.05 Å². The summed E-state index contributed by atoms with van der Waals surface area (Å²) in [5.74, 6) is 1.81. The average molecular weight is 230 g/mol. The minimum absolute atomic E-state index is 0.716. The Morgan fingerprint density at radius 3 is 2.60 bits per heavy atom. The zero-order valence-electron chi connectivity index (χ0n) is 8.93. The summed E-state index contributed by atoms with van der Waals surface area (Å²) in [5.41, 5.74) is 0. The predicted molar refractivity (Wildman–Crippen MR) is 60.4 cm³/mol. The van der Waals surface area contributed by atoms with Crippen LogP contribution in [0.5, 0.6) is 0 Å². The molecule has 1 aromatic rings. The number of hydrogen-bond acceptors (Lipinski definition) is 4. The average Bonchev–Trinajstić information content (AvgIpc) is 2.66. The summed E-state index contributed by atoms with van der Waals surface area (Å²) in [7, 11) is 1.92. The number of halogens is 1. The minimum atomic E-state index is 0.716. The second-order valence-corrected chi connectivity index (χ2v) is 4.11. The molecule has 15 heavy (non-hydrogen) atoms. The van der Waals surface area contributed by atoms with E-state index in [0.29, 0.717) is 5.88 Å². The predicted octanol–water partition coefficient (Wildman–Crippen LogP) is 0.176. The van der Waals surface area contributed by atoms with Crippen molar-refractivity contribution >= 4 is 17.4 Å². The number of aryl methyl sites for hydroxylation is 1. The van der Waals surface area contributed by atoms with Crippen LogP contribution in [0.2, 0.25) is 0 Å². The summed E-state index contributed by atoms with van der Waals surface area (Å²) in [6.07, 6.45) is 1.82. The molecule has 1 aliphatic rings. The highest BCUT2D eigenvalue weighted by atomic mass is 35.5. The molecule has 1 saturated heterocycles. The van der Waals surface area contributed by atoms with Gasteiger partial charge in [0.25, 0.3) is 0 Å². The van der Waals surface area contributed by atoms with Gasteiger partial charge in [0.2, 0.25) is 0 Å². The van der Waals surface area contributed by atoms with Gasteiger partial charge in [-0.05, 0) is 0 Å². The molecule has 0 bridgehead atoms. The molecule has 0 aliphatic carbocycles. The number of nitrogens with zero attached hydrogens (tertiary/aromatic N) is 5. The number of piperazine rings is 1. The van der Waals surface area contributed by atoms with Crippen molar-refractivity contribution in [2.45, 2.75) is 0 Å². The highest BCUT2D eigenvalue weighted by molar-refractivity contribution is 6.18. The molecule has 6 heteroatoms. The molecule has 2 heterocycles. The van der Waals surface area contributed by atoms with Crippen molar-refractivity contribution in [2.24, 2.45) is 7.05 Å². The maximum absolute atomic E-state index is 5.72. The van der Waals surface area contributed by atoms with E-state index in [1.165, 1.54) is 0 Å². The maximum Gasteiger partial charge on any atom is 0.147 e. The summed E-state index contributed by atoms with van der Waals surface area (Å²) in [5, 5.41) is 7.83. The van der Waals surface area contributed by atoms with Gasteiger partial charge >= 0.3 is 0 Å². The number of aromatic nitrogens is 3. The van der Waals surface area contributed by atoms with Crippen LogP contribution in [0.25, 0.3) is 0 Å². The van der Waals surface area contributed by atoms with Gasteiger partial charge in [0.1, 0.15) is 5.82 Å². The topological polar surface area (TPSA) is 37.2 Å². The molecule has 0 atom stereocenters. The van der Waals surface area contributed by atoms with Crippen LogP contribution in [0.3, 0.4) is 0 Å². The molecule has 0 radical (unpaired) electrons. The Bertz CT molecular complexity index is 305. The van der Waals surface area contributed by atoms with E-state index >= 15 is 0 Å². The van der Waals surface area contributed by atoms with E-state index in [9.17, 15) is 0 Å². The standard InChI is InChI=1S/C9H16ClN5/c1-13-9(8-11-12-13)15-6-4-14(3-2-10)5-7-15/h8H,2-7H2,1H3. The van der Waals surface area contributed by atoms with Gasteiger partial charge in [0.05, 0.1) is 6.20 Å². The highest BCUT2D eigenvalue weighted by Crippen LogP contribution is 2.13. The first kappa shape index (κ1) is 10.7. The van der Waals surface area contributed by atoms with Gasteiger partial charge in [-0.2, -0.15) is 0 Å². The lowest BCUT2D eigenvalue weighted by Crippen LogP contribution is -2.47. The molecule has 0 N–H and O–H groups in total. The van der Waals surface area contributed by atoms with E-state index in [2.05, 4.69) is 20.1 Å². The Morgan fingerprint density at radius 2 is 2.07 bits per heavy atom. The molecule has 1 aliphatic heterocycles. The van der Waals surface area contributed by atoms with Gasteiger partial charge in [-0.3, -0.25) is 4.90 Å². The van der Waals surface area contributed by atoms with Crippen molar-refractivity contribution in [1.82, 2.24) is 19.9 Å². The number of hydrogen-bond donors (Lipinski definition) is 0. The van der Waals surface area contributed by atoms with Crippen LogP contribution in [0.1, 0.15) is 0 Å². The normalized spacial score (nSPS) is 18.4. The van der Waals surface area contributed by atoms with Gasteiger partial charge in [-0.1, -0.05) is 5.21 Å². The van der Waals surface area contributed by atoms with Crippen LogP contribution >= 0.6 is 11.6 Å². The van der Waals surface area contributed by atoms with Crippen molar-refractivity contribution in [3.8, 4) is 0 Å². The van der Waals surface area contributed by atoms with E-state index < -0.39 is 0 Å². The second-order valence-electron chi connectivity index (χ2n) is 3.73. The molecule has 1 fully saturated rings. The molecule has 0 unspecified atom stereocenters. The van der Waals surface area contributed by atoms with E-state index in [1.54, 1.807) is 0 Å². The molecular weight excluding hydrogens is 214 g/mol. The Kier molecular flexibility index (Phi) is 3.43. The Morgan fingerprint density at radius 1 is 1.33 bits per heavy atom. The first-order valence-corrected chi connectivity index (χ1v) is 5.72. The summed E-state index contributed by atoms with van der Waals surface area (Å²) < 4.78 is 1.82. The lowest BCUT2D eigenvalue weighted by atomic mass is 10.3. The van der Waals surface area contributed by atoms with Crippen molar-refractivity contribution < 1.29 is 0 Å². The minimum Gasteiger partial charge on any atom is -0.353 e. The summed E-state index contributed by atoms with van der Waals surface area (Å²) in [6, 6.07) is 0. The number of alkyl halides is 1. The van der Waals surface area contributed by atoms with Crippen molar-refractivity contribution in [3.05, 3.63) is 6.20 Å². The number of anilines is 1. The molecule has 5 nitrogen and oxygen atoms in total. The largest absolute Gasteiger partial charge is 0.353 e. The van der Waals surface area contributed by atoms with E-state index in [0.717, 1.165) is 38.5 Å². The summed E-state index contributed by atoms with van der Waals surface area (Å²) >= 11 is 5.72. The molecule has 0 aromatic carbocycles. The van der Waals surface area contributed by atoms with Crippen molar-refractivity contribution in [1.29, 1.82) is 0 Å². The SMILES string of the molecule is Cn1nncc1N1CCN(CCCl)CC1. The fourth-order valence-electron chi connectivity index (χ4n) is 1.89. The summed E-state index contributed by atoms with van der Waals surface area (Å²) in [4.78, 5) is 4.69. The quantitative estimate of drug-likeness (QED) is 0.693. The molecule has 84 valence electrons. The molecule has 1 aromatic heterocycles. The van der Waals surface area contributed by atoms with Crippen molar-refractivity contribution in [2.75, 3.05) is 43.5 Å². The van der Waals surface area contributed by atoms with Crippen LogP contribution in [-0.4, -0.2) is 58.5 Å². The molecule has 2 rings (SSSR count). The lowest BCUT2D eigenvalue weighted by Gasteiger charge is -2.35. The second kappa shape index (κ2) is 4.81. The van der Waals surface area contributed by atoms with E-state index in [-0.39, 0.29) is 0 Å². The van der Waals surface area contributed by atoms with Gasteiger partial charge in [0.15, 0.2) is 0 Å². The van der Waals surface area contributed by atoms with Crippen LogP contribution in [0.15, 0.2) is 6.20 Å². The Labute approximate surface area is 94.6 Å². The Balaban J connectivity index is 1.91. The molecule has 0 amide bonds. The first-order valence-electron chi connectivity index (χ1n) is 5.19. The fourth-order valence-corrected chi connectivity index (χ4v) is 2.13. The van der Waals surface area contributed by atoms with Gasteiger partial charge < -0.3 is 4.90 Å². The van der Waals surface area contributed by atoms with Crippen molar-refractivity contribution in [3.63, 3.8) is 0 Å². The third-order valence-electron chi connectivity index (χ3n) is 2.79. The lowest BCUT2D eigenvalue weighted by molar-refractivity contribution is 0.271. The maximum atomic E-state index is 5.72. The number of rotatable bonds is 3. The third-order valence-corrected chi connectivity index (χ3v) is 2.96. The van der Waals surface area contributed by atoms with E-state index in [4.69, 9.17) is 11.6 Å². The van der Waals surface area contributed by atoms with Crippen LogP contribution < -0.4 is 4.90 Å². The van der Waals surface area contributed by atoms with Gasteiger partial charge in [-0.15, -0.1) is 16.7 Å². The first-order chi connectivity index (χ1) is 7.31. The van der Waals surface area contributed by atoms with E-state index in [1.807, 2.05) is 17.9 Å². The molecule has 0 spiro atoms. The zero-order chi connectivity index (χ0) is 10.7. The molecule has 0 saturated carbocycles. The summed E-state index contributed by atoms with van der Waals surface area (Å²) in [6.45, 7) is 5.17. The third kappa shape index (κ3) is 2.41. The van der Waals surface area contributed by atoms with Gasteiger partial charge in [0, 0.05) is 45.7 Å². The highest BCUT2D eigenvalue weighted by Gasteiger charge is 2.18. The van der Waals surface area contributed by atoms with Crippen LogP contribution in [0, 0.1) is 0 Å². The fraction of sp³-hybridized carbons (Fsp3) is 0.778. The Hall–Kier alpha value is -0.810. The monoisotopic (exact) mass is 229 g/mol. The smallest absolute Gasteiger partial charge is 0.147 e. The van der Waals surface area contributed by atoms with Gasteiger partial charge in [-0.25, -0.2) is 4.68 Å².